The van der Waals surface area contributed by atoms with Crippen molar-refractivity contribution in [3.8, 4) is 23.6 Å². The second kappa shape index (κ2) is 7.37. The number of hydrogen-bond acceptors (Lipinski definition) is 6. The zero-order valence-electron chi connectivity index (χ0n) is 14.2. The molecular formula is C18H16F3N3O2S. The number of halogens is 3. The van der Waals surface area contributed by atoms with E-state index in [0.29, 0.717) is 11.8 Å². The molecule has 2 aromatic rings. The Labute approximate surface area is 158 Å². The predicted octanol–water partition coefficient (Wildman–Crippen LogP) is 3.07. The minimum atomic E-state index is -4.44. The Balaban J connectivity index is 1.38. The minimum absolute atomic E-state index is 0.0785. The first-order valence-corrected chi connectivity index (χ1v) is 9.23. The molecule has 2 saturated heterocycles. The maximum Gasteiger partial charge on any atom is 0.417 e. The molecule has 142 valence electrons. The lowest BCUT2D eigenvalue weighted by molar-refractivity contribution is -0.137. The monoisotopic (exact) mass is 395 g/mol. The van der Waals surface area contributed by atoms with Gasteiger partial charge >= 0.3 is 6.18 Å². The van der Waals surface area contributed by atoms with Gasteiger partial charge in [0.25, 0.3) is 11.8 Å². The van der Waals surface area contributed by atoms with Crippen LogP contribution in [0.4, 0.5) is 13.2 Å². The van der Waals surface area contributed by atoms with Crippen molar-refractivity contribution >= 4 is 11.7 Å². The largest absolute Gasteiger partial charge is 0.468 e. The molecule has 2 fully saturated rings. The Morgan fingerprint density at radius 1 is 1.19 bits per heavy atom. The quantitative estimate of drug-likeness (QED) is 0.745. The second-order valence-corrected chi connectivity index (χ2v) is 7.00. The Morgan fingerprint density at radius 2 is 2.00 bits per heavy atom. The zero-order chi connectivity index (χ0) is 18.9. The Morgan fingerprint density at radius 3 is 2.74 bits per heavy atom. The van der Waals surface area contributed by atoms with E-state index >= 15 is 0 Å². The average Bonchev–Trinajstić information content (AvgIpc) is 3.36. The van der Waals surface area contributed by atoms with E-state index in [2.05, 4.69) is 25.5 Å². The van der Waals surface area contributed by atoms with E-state index in [4.69, 9.17) is 9.47 Å². The normalized spacial score (nSPS) is 23.7. The molecular weight excluding hydrogens is 379 g/mol. The highest BCUT2D eigenvalue weighted by molar-refractivity contribution is 6.99. The topological polar surface area (TPSA) is 47.5 Å². The fourth-order valence-corrected chi connectivity index (χ4v) is 3.86. The van der Waals surface area contributed by atoms with Crippen LogP contribution in [0.25, 0.3) is 0 Å². The molecule has 9 heteroatoms. The Bertz CT molecular complexity index is 874. The van der Waals surface area contributed by atoms with Crippen molar-refractivity contribution in [2.24, 2.45) is 5.92 Å². The van der Waals surface area contributed by atoms with E-state index in [9.17, 15) is 13.2 Å². The van der Waals surface area contributed by atoms with Crippen LogP contribution in [0.15, 0.2) is 24.3 Å². The van der Waals surface area contributed by atoms with Gasteiger partial charge in [-0.3, -0.25) is 4.90 Å². The van der Waals surface area contributed by atoms with Crippen LogP contribution in [-0.2, 0) is 6.18 Å². The summed E-state index contributed by atoms with van der Waals surface area (Å²) < 4.78 is 58.4. The van der Waals surface area contributed by atoms with Crippen LogP contribution in [-0.4, -0.2) is 46.0 Å². The number of hydrogen-bond donors (Lipinski definition) is 0. The van der Waals surface area contributed by atoms with Crippen molar-refractivity contribution in [2.75, 3.05) is 26.2 Å². The number of piperidine rings is 1. The van der Waals surface area contributed by atoms with Crippen LogP contribution in [0, 0.1) is 17.8 Å². The number of nitrogens with zero attached hydrogens (tertiary/aromatic N) is 3. The van der Waals surface area contributed by atoms with E-state index in [-0.39, 0.29) is 24.2 Å². The summed E-state index contributed by atoms with van der Waals surface area (Å²) in [4.78, 5) is 2.35. The third-order valence-electron chi connectivity index (χ3n) is 4.70. The number of benzene rings is 1. The van der Waals surface area contributed by atoms with Gasteiger partial charge < -0.3 is 9.47 Å². The maximum absolute atomic E-state index is 13.0. The molecule has 0 N–H and O–H groups in total. The fraction of sp³-hybridized carbons (Fsp3) is 0.444. The van der Waals surface area contributed by atoms with Gasteiger partial charge in [0.15, 0.2) is 6.61 Å². The molecule has 2 aliphatic rings. The first kappa shape index (κ1) is 18.1. The van der Waals surface area contributed by atoms with Gasteiger partial charge in [0.2, 0.25) is 0 Å². The highest BCUT2D eigenvalue weighted by Crippen LogP contribution is 2.34. The van der Waals surface area contributed by atoms with Crippen LogP contribution in [0.5, 0.6) is 11.8 Å². The molecule has 2 aliphatic heterocycles. The van der Waals surface area contributed by atoms with Crippen molar-refractivity contribution in [3.63, 3.8) is 0 Å². The van der Waals surface area contributed by atoms with Crippen LogP contribution in [0.3, 0.4) is 0 Å². The van der Waals surface area contributed by atoms with E-state index in [1.54, 1.807) is 0 Å². The first-order valence-electron chi connectivity index (χ1n) is 8.50. The van der Waals surface area contributed by atoms with E-state index < -0.39 is 11.7 Å². The van der Waals surface area contributed by atoms with E-state index in [1.807, 2.05) is 0 Å². The molecule has 3 unspecified atom stereocenters. The third kappa shape index (κ3) is 4.01. The lowest BCUT2D eigenvalue weighted by atomic mass is 10.0. The van der Waals surface area contributed by atoms with Gasteiger partial charge in [-0.2, -0.15) is 13.2 Å². The molecule has 27 heavy (non-hydrogen) atoms. The highest BCUT2D eigenvalue weighted by Gasteiger charge is 2.40. The van der Waals surface area contributed by atoms with Crippen LogP contribution in [0.2, 0.25) is 0 Å². The van der Waals surface area contributed by atoms with Crippen molar-refractivity contribution in [2.45, 2.75) is 18.7 Å². The molecule has 3 atom stereocenters. The van der Waals surface area contributed by atoms with Gasteiger partial charge in [0.05, 0.1) is 17.3 Å². The van der Waals surface area contributed by atoms with Gasteiger partial charge in [0.1, 0.15) is 6.10 Å². The van der Waals surface area contributed by atoms with Crippen LogP contribution < -0.4 is 9.47 Å². The van der Waals surface area contributed by atoms with Crippen molar-refractivity contribution in [1.29, 1.82) is 0 Å². The van der Waals surface area contributed by atoms with Gasteiger partial charge in [-0.1, -0.05) is 24.0 Å². The molecule has 0 saturated carbocycles. The SMILES string of the molecule is FC(F)(F)c1ccccc1C#CCOc1nsnc1OC1CN2CCC1C2. The van der Waals surface area contributed by atoms with Crippen LogP contribution in [0.1, 0.15) is 17.5 Å². The smallest absolute Gasteiger partial charge is 0.417 e. The summed E-state index contributed by atoms with van der Waals surface area (Å²) in [5, 5.41) is 0. The lowest BCUT2D eigenvalue weighted by Gasteiger charge is -2.22. The molecule has 4 rings (SSSR count). The third-order valence-corrected chi connectivity index (χ3v) is 5.20. The summed E-state index contributed by atoms with van der Waals surface area (Å²) in [6.45, 7) is 2.92. The van der Waals surface area contributed by atoms with Gasteiger partial charge in [-0.05, 0) is 25.1 Å². The molecule has 0 spiro atoms. The Kier molecular flexibility index (Phi) is 4.93. The second-order valence-electron chi connectivity index (χ2n) is 6.47. The maximum atomic E-state index is 13.0. The lowest BCUT2D eigenvalue weighted by Crippen LogP contribution is -2.32. The van der Waals surface area contributed by atoms with E-state index in [1.165, 1.54) is 18.2 Å². The average molecular weight is 395 g/mol. The summed E-state index contributed by atoms with van der Waals surface area (Å²) in [6, 6.07) is 5.19. The van der Waals surface area contributed by atoms with Gasteiger partial charge in [0, 0.05) is 24.6 Å². The molecule has 0 aliphatic carbocycles. The number of alkyl halides is 3. The summed E-state index contributed by atoms with van der Waals surface area (Å²) in [6.07, 6.45) is -3.25. The first-order chi connectivity index (χ1) is 13.0. The molecule has 1 aromatic carbocycles. The predicted molar refractivity (Wildman–Crippen MR) is 92.7 cm³/mol. The van der Waals surface area contributed by atoms with Gasteiger partial charge in [-0.15, -0.1) is 8.75 Å². The number of rotatable bonds is 4. The standard InChI is InChI=1S/C18H16F3N3O2S/c19-18(20,21)14-6-2-1-4-12(14)5-3-9-25-16-17(23-27-22-16)26-15-11-24-8-7-13(15)10-24/h1-2,4,6,13,15H,7-11H2. The molecule has 0 radical (unpaired) electrons. The van der Waals surface area contributed by atoms with Crippen LogP contribution >= 0.6 is 11.7 Å². The van der Waals surface area contributed by atoms with Crippen molar-refractivity contribution in [3.05, 3.63) is 35.4 Å². The van der Waals surface area contributed by atoms with E-state index in [0.717, 1.165) is 43.8 Å². The van der Waals surface area contributed by atoms with Crippen molar-refractivity contribution in [1.82, 2.24) is 13.6 Å². The Hall–Kier alpha value is -2.31. The number of fused-ring (bicyclic) bond motifs is 2. The molecule has 1 aromatic heterocycles. The fourth-order valence-electron chi connectivity index (χ4n) is 3.42. The van der Waals surface area contributed by atoms with Gasteiger partial charge in [-0.25, -0.2) is 0 Å². The minimum Gasteiger partial charge on any atom is -0.468 e. The van der Waals surface area contributed by atoms with Crippen molar-refractivity contribution < 1.29 is 22.6 Å². The summed E-state index contributed by atoms with van der Waals surface area (Å²) in [7, 11) is 0. The summed E-state index contributed by atoms with van der Waals surface area (Å²) in [5.74, 6) is 6.17. The molecule has 5 nitrogen and oxygen atoms in total. The summed E-state index contributed by atoms with van der Waals surface area (Å²) >= 11 is 0.969. The summed E-state index contributed by atoms with van der Waals surface area (Å²) in [5.41, 5.74) is -0.847. The number of aromatic nitrogens is 2. The highest BCUT2D eigenvalue weighted by atomic mass is 32.1. The molecule has 2 bridgehead atoms. The molecule has 3 heterocycles. The number of ether oxygens (including phenoxy) is 2. The molecule has 0 amide bonds. The zero-order valence-corrected chi connectivity index (χ0v) is 15.0.